The minimum Gasteiger partial charge on any atom is -0.294 e. The third-order valence-corrected chi connectivity index (χ3v) is 5.82. The number of ketones is 1. The van der Waals surface area contributed by atoms with Crippen LogP contribution in [0.3, 0.4) is 0 Å². The number of Topliss-reactive ketones (excluding diaryl/α,β-unsaturated/α-hetero) is 1. The van der Waals surface area contributed by atoms with E-state index in [9.17, 15) is 4.79 Å². The summed E-state index contributed by atoms with van der Waals surface area (Å²) >= 11 is 0. The van der Waals surface area contributed by atoms with Gasteiger partial charge in [0.05, 0.1) is 0 Å². The van der Waals surface area contributed by atoms with Crippen LogP contribution in [0.15, 0.2) is 60.2 Å². The van der Waals surface area contributed by atoms with Gasteiger partial charge < -0.3 is 0 Å². The first kappa shape index (κ1) is 12.4. The number of hydrogen-bond acceptors (Lipinski definition) is 1. The number of benzene rings is 2. The van der Waals surface area contributed by atoms with Crippen LogP contribution in [0.25, 0.3) is 0 Å². The topological polar surface area (TPSA) is 17.1 Å². The van der Waals surface area contributed by atoms with E-state index < -0.39 is 0 Å². The van der Waals surface area contributed by atoms with Crippen LogP contribution in [0, 0.1) is 5.92 Å². The molecule has 0 radical (unpaired) electrons. The van der Waals surface area contributed by atoms with Gasteiger partial charge in [-0.2, -0.15) is 0 Å². The van der Waals surface area contributed by atoms with E-state index in [1.165, 1.54) is 16.7 Å². The van der Waals surface area contributed by atoms with Gasteiger partial charge in [-0.15, -0.1) is 0 Å². The van der Waals surface area contributed by atoms with E-state index in [0.29, 0.717) is 17.6 Å². The highest BCUT2D eigenvalue weighted by Gasteiger charge is 2.47. The average molecular weight is 286 g/mol. The Kier molecular flexibility index (Phi) is 2.49. The molecule has 0 heterocycles. The molecule has 0 spiro atoms. The first-order valence-corrected chi connectivity index (χ1v) is 8.24. The number of hydrogen-bond donors (Lipinski definition) is 0. The summed E-state index contributed by atoms with van der Waals surface area (Å²) in [6, 6.07) is 17.1. The Labute approximate surface area is 130 Å². The maximum Gasteiger partial charge on any atom is 0.167 e. The molecule has 1 nitrogen and oxygen atoms in total. The van der Waals surface area contributed by atoms with Gasteiger partial charge in [0, 0.05) is 23.3 Å². The van der Waals surface area contributed by atoms with Crippen LogP contribution in [0.1, 0.15) is 51.7 Å². The molecule has 0 aliphatic heterocycles. The summed E-state index contributed by atoms with van der Waals surface area (Å²) < 4.78 is 0. The van der Waals surface area contributed by atoms with E-state index in [2.05, 4.69) is 42.5 Å². The van der Waals surface area contributed by atoms with Crippen molar-refractivity contribution in [2.24, 2.45) is 5.92 Å². The summed E-state index contributed by atoms with van der Waals surface area (Å²) in [6.45, 7) is 0. The molecule has 5 rings (SSSR count). The number of allylic oxidation sites excluding steroid dienone is 2. The highest BCUT2D eigenvalue weighted by molar-refractivity contribution is 6.03. The van der Waals surface area contributed by atoms with E-state index in [0.717, 1.165) is 24.8 Å². The largest absolute Gasteiger partial charge is 0.294 e. The van der Waals surface area contributed by atoms with Crippen molar-refractivity contribution >= 4 is 5.78 Å². The number of carbonyl (C=O) groups is 1. The average Bonchev–Trinajstić information content (AvgIpc) is 2.88. The molecule has 2 aromatic carbocycles. The zero-order chi connectivity index (χ0) is 14.7. The molecular formula is C21H18O. The summed E-state index contributed by atoms with van der Waals surface area (Å²) in [7, 11) is 0. The Bertz CT molecular complexity index is 814. The van der Waals surface area contributed by atoms with Gasteiger partial charge in [-0.1, -0.05) is 60.2 Å². The van der Waals surface area contributed by atoms with E-state index in [4.69, 9.17) is 0 Å². The van der Waals surface area contributed by atoms with Gasteiger partial charge in [-0.3, -0.25) is 4.79 Å². The van der Waals surface area contributed by atoms with Crippen molar-refractivity contribution in [1.82, 2.24) is 0 Å². The summed E-state index contributed by atoms with van der Waals surface area (Å²) in [6.07, 6.45) is 5.59. The predicted octanol–water partition coefficient (Wildman–Crippen LogP) is 4.64. The second-order valence-electron chi connectivity index (χ2n) is 6.78. The molecule has 0 amide bonds. The molecule has 22 heavy (non-hydrogen) atoms. The number of fused-ring (bicyclic) bond motifs is 7. The second-order valence-corrected chi connectivity index (χ2v) is 6.78. The summed E-state index contributed by atoms with van der Waals surface area (Å²) in [5, 5.41) is 0. The Morgan fingerprint density at radius 2 is 1.64 bits per heavy atom. The Morgan fingerprint density at radius 3 is 2.55 bits per heavy atom. The van der Waals surface area contributed by atoms with Crippen LogP contribution in [-0.2, 0) is 6.42 Å². The molecule has 0 fully saturated rings. The molecule has 3 aliphatic carbocycles. The molecular weight excluding hydrogens is 268 g/mol. The van der Waals surface area contributed by atoms with Crippen molar-refractivity contribution < 1.29 is 4.79 Å². The van der Waals surface area contributed by atoms with Gasteiger partial charge in [-0.25, -0.2) is 0 Å². The van der Waals surface area contributed by atoms with Crippen LogP contribution in [0.2, 0.25) is 0 Å². The Balaban J connectivity index is 1.74. The highest BCUT2D eigenvalue weighted by atomic mass is 16.1. The van der Waals surface area contributed by atoms with E-state index >= 15 is 0 Å². The van der Waals surface area contributed by atoms with Crippen molar-refractivity contribution in [2.45, 2.75) is 31.1 Å². The monoisotopic (exact) mass is 286 g/mol. The first-order valence-electron chi connectivity index (χ1n) is 8.24. The molecule has 0 bridgehead atoms. The lowest BCUT2D eigenvalue weighted by atomic mass is 9.64. The van der Waals surface area contributed by atoms with Gasteiger partial charge in [-0.05, 0) is 36.0 Å². The van der Waals surface area contributed by atoms with Crippen LogP contribution in [0.4, 0.5) is 0 Å². The third-order valence-electron chi connectivity index (χ3n) is 5.82. The fourth-order valence-electron chi connectivity index (χ4n) is 4.89. The fourth-order valence-corrected chi connectivity index (χ4v) is 4.89. The van der Waals surface area contributed by atoms with Crippen molar-refractivity contribution in [3.8, 4) is 0 Å². The van der Waals surface area contributed by atoms with E-state index in [-0.39, 0.29) is 5.92 Å². The minimum atomic E-state index is 0.150. The summed E-state index contributed by atoms with van der Waals surface area (Å²) in [4.78, 5) is 12.8. The van der Waals surface area contributed by atoms with Gasteiger partial charge >= 0.3 is 0 Å². The van der Waals surface area contributed by atoms with Crippen molar-refractivity contribution in [3.05, 3.63) is 82.4 Å². The lowest BCUT2D eigenvalue weighted by molar-refractivity contribution is 0.0915. The predicted molar refractivity (Wildman–Crippen MR) is 87.2 cm³/mol. The zero-order valence-corrected chi connectivity index (χ0v) is 12.5. The van der Waals surface area contributed by atoms with Crippen molar-refractivity contribution in [1.29, 1.82) is 0 Å². The second kappa shape index (κ2) is 4.42. The van der Waals surface area contributed by atoms with Gasteiger partial charge in [0.25, 0.3) is 0 Å². The van der Waals surface area contributed by atoms with E-state index in [1.807, 2.05) is 12.1 Å². The maximum atomic E-state index is 12.8. The van der Waals surface area contributed by atoms with Crippen LogP contribution in [-0.4, -0.2) is 5.78 Å². The molecule has 0 saturated heterocycles. The standard InChI is InChI=1S/C21H18O/c22-21-17-8-4-3-7-16(17)20-18(21)12-11-14-10-9-13-5-1-2-6-15(13)19(14)20/h1-8,11,18-20H,9-10,12H2/t18-,19-,20-/m1/s1. The molecule has 3 aliphatic rings. The molecule has 1 heteroatoms. The van der Waals surface area contributed by atoms with E-state index in [1.54, 1.807) is 5.57 Å². The van der Waals surface area contributed by atoms with Crippen LogP contribution >= 0.6 is 0 Å². The summed E-state index contributed by atoms with van der Waals surface area (Å²) in [5.41, 5.74) is 6.74. The smallest absolute Gasteiger partial charge is 0.167 e. The molecule has 3 atom stereocenters. The van der Waals surface area contributed by atoms with Crippen molar-refractivity contribution in [2.75, 3.05) is 0 Å². The molecule has 2 aromatic rings. The number of rotatable bonds is 0. The molecule has 0 unspecified atom stereocenters. The van der Waals surface area contributed by atoms with Gasteiger partial charge in [0.2, 0.25) is 0 Å². The Morgan fingerprint density at radius 1 is 0.864 bits per heavy atom. The lowest BCUT2D eigenvalue weighted by Gasteiger charge is -2.39. The van der Waals surface area contributed by atoms with Crippen molar-refractivity contribution in [3.63, 3.8) is 0 Å². The minimum absolute atomic E-state index is 0.150. The fraction of sp³-hybridized carbons (Fsp3) is 0.286. The highest BCUT2D eigenvalue weighted by Crippen LogP contribution is 2.56. The first-order chi connectivity index (χ1) is 10.8. The van der Waals surface area contributed by atoms with Crippen LogP contribution < -0.4 is 0 Å². The quantitative estimate of drug-likeness (QED) is 0.645. The summed E-state index contributed by atoms with van der Waals surface area (Å²) in [5.74, 6) is 1.28. The third kappa shape index (κ3) is 1.51. The SMILES string of the molecule is O=C1c2ccccc2[C@H]2[C@@H]3C(=CC[C@@H]12)CCc1ccccc13. The zero-order valence-electron chi connectivity index (χ0n) is 12.5. The van der Waals surface area contributed by atoms with Gasteiger partial charge in [0.15, 0.2) is 5.78 Å². The number of carbonyl (C=O) groups excluding carboxylic acids is 1. The molecule has 0 saturated carbocycles. The molecule has 108 valence electrons. The van der Waals surface area contributed by atoms with Crippen LogP contribution in [0.5, 0.6) is 0 Å². The number of aryl methyl sites for hydroxylation is 1. The maximum absolute atomic E-state index is 12.8. The normalized spacial score (nSPS) is 28.3. The molecule has 0 aromatic heterocycles. The Hall–Kier alpha value is -2.15. The molecule has 0 N–H and O–H groups in total. The lowest BCUT2D eigenvalue weighted by Crippen LogP contribution is -2.28. The van der Waals surface area contributed by atoms with Gasteiger partial charge in [0.1, 0.15) is 0 Å².